The number of phenolic OH excluding ortho intramolecular Hbond substituents is 2. The highest BCUT2D eigenvalue weighted by atomic mass is 79.9. The van der Waals surface area contributed by atoms with Crippen molar-refractivity contribution in [3.05, 3.63) is 58.1 Å². The molecular weight excluding hydrogens is 378 g/mol. The van der Waals surface area contributed by atoms with Crippen molar-refractivity contribution < 1.29 is 19.8 Å². The number of para-hydroxylation sites is 1. The van der Waals surface area contributed by atoms with Gasteiger partial charge in [0.25, 0.3) is 11.8 Å². The molecule has 2 amide bonds. The van der Waals surface area contributed by atoms with Crippen LogP contribution in [0.15, 0.2) is 52.0 Å². The van der Waals surface area contributed by atoms with Gasteiger partial charge in [0.15, 0.2) is 0 Å². The zero-order chi connectivity index (χ0) is 17.5. The normalized spacial score (nSPS) is 10.5. The first-order chi connectivity index (χ1) is 11.5. The lowest BCUT2D eigenvalue weighted by atomic mass is 10.2. The number of rotatable bonds is 5. The van der Waals surface area contributed by atoms with Gasteiger partial charge in [0.1, 0.15) is 11.5 Å². The summed E-state index contributed by atoms with van der Waals surface area (Å²) in [4.78, 5) is 23.5. The number of carbonyl (C=O) groups is 2. The average molecular weight is 392 g/mol. The number of hydrazone groups is 1. The van der Waals surface area contributed by atoms with E-state index in [4.69, 9.17) is 0 Å². The molecule has 0 atom stereocenters. The van der Waals surface area contributed by atoms with E-state index in [-0.39, 0.29) is 23.6 Å². The Labute approximate surface area is 146 Å². The fourth-order valence-corrected chi connectivity index (χ4v) is 2.14. The molecule has 0 radical (unpaired) electrons. The molecule has 0 aliphatic carbocycles. The minimum absolute atomic E-state index is 0.0176. The third-order valence-corrected chi connectivity index (χ3v) is 3.43. The van der Waals surface area contributed by atoms with E-state index in [0.717, 1.165) is 4.47 Å². The van der Waals surface area contributed by atoms with Crippen LogP contribution in [0.2, 0.25) is 0 Å². The molecule has 0 spiro atoms. The number of hydrogen-bond donors (Lipinski definition) is 4. The lowest BCUT2D eigenvalue weighted by Gasteiger charge is -2.05. The Kier molecular flexibility index (Phi) is 5.91. The van der Waals surface area contributed by atoms with Crippen molar-refractivity contribution in [3.8, 4) is 11.5 Å². The smallest absolute Gasteiger partial charge is 0.259 e. The first kappa shape index (κ1) is 17.5. The highest BCUT2D eigenvalue weighted by molar-refractivity contribution is 9.10. The van der Waals surface area contributed by atoms with Crippen LogP contribution in [0.3, 0.4) is 0 Å². The summed E-state index contributed by atoms with van der Waals surface area (Å²) in [5, 5.41) is 25.2. The molecule has 0 aliphatic rings. The SMILES string of the molecule is O=C(CNC(=O)c1ccccc1O)N/N=C/c1cc(Br)ccc1O. The van der Waals surface area contributed by atoms with Crippen LogP contribution in [0.25, 0.3) is 0 Å². The molecule has 2 aromatic rings. The third-order valence-electron chi connectivity index (χ3n) is 2.94. The molecule has 0 aliphatic heterocycles. The number of carbonyl (C=O) groups excluding carboxylic acids is 2. The largest absolute Gasteiger partial charge is 0.507 e. The van der Waals surface area contributed by atoms with E-state index in [2.05, 4.69) is 31.8 Å². The van der Waals surface area contributed by atoms with Gasteiger partial charge in [-0.1, -0.05) is 28.1 Å². The summed E-state index contributed by atoms with van der Waals surface area (Å²) in [7, 11) is 0. The summed E-state index contributed by atoms with van der Waals surface area (Å²) < 4.78 is 0.753. The van der Waals surface area contributed by atoms with E-state index in [1.165, 1.54) is 24.4 Å². The average Bonchev–Trinajstić information content (AvgIpc) is 2.56. The molecule has 0 saturated carbocycles. The van der Waals surface area contributed by atoms with Crippen LogP contribution in [0.5, 0.6) is 11.5 Å². The highest BCUT2D eigenvalue weighted by Gasteiger charge is 2.11. The van der Waals surface area contributed by atoms with Crippen molar-refractivity contribution in [2.45, 2.75) is 0 Å². The van der Waals surface area contributed by atoms with Gasteiger partial charge in [-0.3, -0.25) is 9.59 Å². The Hall–Kier alpha value is -2.87. The molecule has 8 heteroatoms. The molecular formula is C16H14BrN3O4. The van der Waals surface area contributed by atoms with Crippen LogP contribution >= 0.6 is 15.9 Å². The Morgan fingerprint density at radius 1 is 1.12 bits per heavy atom. The Bertz CT molecular complexity index is 793. The molecule has 7 nitrogen and oxygen atoms in total. The second-order valence-electron chi connectivity index (χ2n) is 4.70. The summed E-state index contributed by atoms with van der Waals surface area (Å²) in [6.07, 6.45) is 1.28. The van der Waals surface area contributed by atoms with Crippen LogP contribution in [0.1, 0.15) is 15.9 Å². The predicted molar refractivity (Wildman–Crippen MR) is 92.0 cm³/mol. The van der Waals surface area contributed by atoms with Gasteiger partial charge in [0.05, 0.1) is 18.3 Å². The second-order valence-corrected chi connectivity index (χ2v) is 5.61. The number of hydrogen-bond acceptors (Lipinski definition) is 5. The van der Waals surface area contributed by atoms with Crippen molar-refractivity contribution in [1.29, 1.82) is 0 Å². The van der Waals surface area contributed by atoms with Gasteiger partial charge in [0, 0.05) is 10.0 Å². The maximum atomic E-state index is 11.8. The zero-order valence-electron chi connectivity index (χ0n) is 12.4. The summed E-state index contributed by atoms with van der Waals surface area (Å²) in [5.41, 5.74) is 2.72. The third kappa shape index (κ3) is 4.82. The number of nitrogens with zero attached hydrogens (tertiary/aromatic N) is 1. The van der Waals surface area contributed by atoms with Crippen LogP contribution < -0.4 is 10.7 Å². The number of amides is 2. The van der Waals surface area contributed by atoms with Crippen molar-refractivity contribution >= 4 is 34.0 Å². The molecule has 24 heavy (non-hydrogen) atoms. The maximum Gasteiger partial charge on any atom is 0.259 e. The highest BCUT2D eigenvalue weighted by Crippen LogP contribution is 2.19. The van der Waals surface area contributed by atoms with E-state index in [1.54, 1.807) is 24.3 Å². The minimum Gasteiger partial charge on any atom is -0.507 e. The van der Waals surface area contributed by atoms with Crippen LogP contribution in [-0.4, -0.2) is 34.8 Å². The summed E-state index contributed by atoms with van der Waals surface area (Å²) >= 11 is 3.26. The number of aromatic hydroxyl groups is 2. The molecule has 0 unspecified atom stereocenters. The van der Waals surface area contributed by atoms with Gasteiger partial charge in [-0.25, -0.2) is 5.43 Å². The number of benzene rings is 2. The quantitative estimate of drug-likeness (QED) is 0.459. The van der Waals surface area contributed by atoms with Gasteiger partial charge < -0.3 is 15.5 Å². The van der Waals surface area contributed by atoms with E-state index in [9.17, 15) is 19.8 Å². The van der Waals surface area contributed by atoms with Gasteiger partial charge in [-0.15, -0.1) is 0 Å². The molecule has 124 valence electrons. The lowest BCUT2D eigenvalue weighted by molar-refractivity contribution is -0.120. The number of halogens is 1. The van der Waals surface area contributed by atoms with Gasteiger partial charge >= 0.3 is 0 Å². The second kappa shape index (κ2) is 8.11. The van der Waals surface area contributed by atoms with Gasteiger partial charge in [0.2, 0.25) is 0 Å². The summed E-state index contributed by atoms with van der Waals surface area (Å²) in [6, 6.07) is 10.8. The standard InChI is InChI=1S/C16H14BrN3O4/c17-11-5-6-13(21)10(7-11)8-19-20-15(23)9-18-16(24)12-3-1-2-4-14(12)22/h1-8,21-22H,9H2,(H,18,24)(H,20,23)/b19-8+. The van der Waals surface area contributed by atoms with E-state index >= 15 is 0 Å². The zero-order valence-corrected chi connectivity index (χ0v) is 13.9. The van der Waals surface area contributed by atoms with E-state index in [1.807, 2.05) is 0 Å². The first-order valence-corrected chi connectivity index (χ1v) is 7.63. The first-order valence-electron chi connectivity index (χ1n) is 6.84. The lowest BCUT2D eigenvalue weighted by Crippen LogP contribution is -2.34. The fraction of sp³-hybridized carbons (Fsp3) is 0.0625. The topological polar surface area (TPSA) is 111 Å². The predicted octanol–water partition coefficient (Wildman–Crippen LogP) is 1.74. The summed E-state index contributed by atoms with van der Waals surface area (Å²) in [5.74, 6) is -1.27. The number of nitrogens with one attached hydrogen (secondary N) is 2. The number of phenols is 2. The van der Waals surface area contributed by atoms with Gasteiger partial charge in [-0.2, -0.15) is 5.10 Å². The van der Waals surface area contributed by atoms with Crippen molar-refractivity contribution in [2.24, 2.45) is 5.10 Å². The molecule has 0 fully saturated rings. The Balaban J connectivity index is 1.85. The monoisotopic (exact) mass is 391 g/mol. The minimum atomic E-state index is -0.572. The maximum absolute atomic E-state index is 11.8. The van der Waals surface area contributed by atoms with E-state index < -0.39 is 11.8 Å². The fourth-order valence-electron chi connectivity index (χ4n) is 1.76. The Morgan fingerprint density at radius 3 is 2.62 bits per heavy atom. The van der Waals surface area contributed by atoms with Crippen molar-refractivity contribution in [2.75, 3.05) is 6.54 Å². The van der Waals surface area contributed by atoms with Crippen molar-refractivity contribution in [1.82, 2.24) is 10.7 Å². The molecule has 2 rings (SSSR count). The van der Waals surface area contributed by atoms with Crippen LogP contribution in [0.4, 0.5) is 0 Å². The molecule has 0 saturated heterocycles. The molecule has 0 heterocycles. The molecule has 2 aromatic carbocycles. The summed E-state index contributed by atoms with van der Waals surface area (Å²) in [6.45, 7) is -0.311. The molecule has 4 N–H and O–H groups in total. The molecule has 0 bridgehead atoms. The Morgan fingerprint density at radius 2 is 1.88 bits per heavy atom. The molecule has 0 aromatic heterocycles. The van der Waals surface area contributed by atoms with Gasteiger partial charge in [-0.05, 0) is 30.3 Å². The van der Waals surface area contributed by atoms with E-state index in [0.29, 0.717) is 5.56 Å². The van der Waals surface area contributed by atoms with Crippen LogP contribution in [-0.2, 0) is 4.79 Å². The van der Waals surface area contributed by atoms with Crippen molar-refractivity contribution in [3.63, 3.8) is 0 Å². The van der Waals surface area contributed by atoms with Crippen LogP contribution in [0, 0.1) is 0 Å².